The molecule has 0 saturated carbocycles. The summed E-state index contributed by atoms with van der Waals surface area (Å²) < 4.78 is 27.2. The van der Waals surface area contributed by atoms with Crippen molar-refractivity contribution >= 4 is 15.9 Å². The molecule has 1 amide bonds. The van der Waals surface area contributed by atoms with Crippen LogP contribution in [-0.2, 0) is 14.8 Å². The van der Waals surface area contributed by atoms with E-state index >= 15 is 0 Å². The molecule has 2 aliphatic heterocycles. The van der Waals surface area contributed by atoms with E-state index in [0.717, 1.165) is 38.3 Å². The summed E-state index contributed by atoms with van der Waals surface area (Å²) in [6.07, 6.45) is 0. The van der Waals surface area contributed by atoms with Gasteiger partial charge in [0.1, 0.15) is 0 Å². The van der Waals surface area contributed by atoms with Gasteiger partial charge in [0.25, 0.3) is 0 Å². The number of benzene rings is 1. The zero-order chi connectivity index (χ0) is 21.9. The SMILES string of the molecule is Cc1ccc(S(=O)(=O)N2CCN(C(=O)C(C)N3CCN(CC(C)C)CC3)CC2)cc1. The monoisotopic (exact) mass is 436 g/mol. The third kappa shape index (κ3) is 5.41. The Morgan fingerprint density at radius 3 is 2.00 bits per heavy atom. The third-order valence-corrected chi connectivity index (χ3v) is 8.06. The Balaban J connectivity index is 1.52. The third-order valence-electron chi connectivity index (χ3n) is 6.14. The highest BCUT2D eigenvalue weighted by atomic mass is 32.2. The minimum absolute atomic E-state index is 0.111. The van der Waals surface area contributed by atoms with Crippen LogP contribution in [0.15, 0.2) is 29.2 Å². The van der Waals surface area contributed by atoms with Crippen molar-refractivity contribution in [3.8, 4) is 0 Å². The standard InChI is InChI=1S/C22H36N4O3S/c1-18(2)17-23-9-11-24(12-10-23)20(4)22(27)25-13-15-26(16-14-25)30(28,29)21-7-5-19(3)6-8-21/h5-8,18,20H,9-17H2,1-4H3. The number of piperazine rings is 2. The van der Waals surface area contributed by atoms with Crippen molar-refractivity contribution in [2.75, 3.05) is 58.9 Å². The van der Waals surface area contributed by atoms with Crippen LogP contribution >= 0.6 is 0 Å². The molecule has 2 fully saturated rings. The van der Waals surface area contributed by atoms with E-state index in [1.807, 2.05) is 30.9 Å². The lowest BCUT2D eigenvalue weighted by molar-refractivity contribution is -0.138. The predicted octanol–water partition coefficient (Wildman–Crippen LogP) is 1.49. The number of nitrogens with zero attached hydrogens (tertiary/aromatic N) is 4. The molecule has 0 radical (unpaired) electrons. The summed E-state index contributed by atoms with van der Waals surface area (Å²) in [6.45, 7) is 14.9. The molecule has 0 aliphatic carbocycles. The molecule has 1 unspecified atom stereocenters. The van der Waals surface area contributed by atoms with E-state index in [0.29, 0.717) is 37.0 Å². The van der Waals surface area contributed by atoms with Gasteiger partial charge in [0.05, 0.1) is 10.9 Å². The fourth-order valence-corrected chi connectivity index (χ4v) is 5.70. The van der Waals surface area contributed by atoms with Gasteiger partial charge in [-0.15, -0.1) is 0 Å². The molecular weight excluding hydrogens is 400 g/mol. The molecule has 1 atom stereocenters. The maximum Gasteiger partial charge on any atom is 0.243 e. The van der Waals surface area contributed by atoms with Crippen molar-refractivity contribution in [2.45, 2.75) is 38.6 Å². The van der Waals surface area contributed by atoms with Gasteiger partial charge in [0.2, 0.25) is 15.9 Å². The minimum Gasteiger partial charge on any atom is -0.339 e. The van der Waals surface area contributed by atoms with Crippen LogP contribution in [0.1, 0.15) is 26.3 Å². The highest BCUT2D eigenvalue weighted by Crippen LogP contribution is 2.19. The van der Waals surface area contributed by atoms with Crippen LogP contribution in [0.25, 0.3) is 0 Å². The Kier molecular flexibility index (Phi) is 7.55. The second kappa shape index (κ2) is 9.77. The van der Waals surface area contributed by atoms with E-state index in [1.54, 1.807) is 12.1 Å². The van der Waals surface area contributed by atoms with Crippen LogP contribution in [0, 0.1) is 12.8 Å². The fourth-order valence-electron chi connectivity index (χ4n) is 4.28. The average Bonchev–Trinajstić information content (AvgIpc) is 2.73. The van der Waals surface area contributed by atoms with Crippen LogP contribution in [0.5, 0.6) is 0 Å². The summed E-state index contributed by atoms with van der Waals surface area (Å²) in [5, 5.41) is 0. The molecule has 0 aromatic heterocycles. The number of rotatable bonds is 6. The molecular formula is C22H36N4O3S. The number of carbonyl (C=O) groups is 1. The van der Waals surface area contributed by atoms with Crippen LogP contribution in [0.4, 0.5) is 0 Å². The Morgan fingerprint density at radius 1 is 0.900 bits per heavy atom. The van der Waals surface area contributed by atoms with Gasteiger partial charge in [-0.2, -0.15) is 4.31 Å². The predicted molar refractivity (Wildman–Crippen MR) is 119 cm³/mol. The number of sulfonamides is 1. The highest BCUT2D eigenvalue weighted by Gasteiger charge is 2.33. The zero-order valence-electron chi connectivity index (χ0n) is 18.7. The number of hydrogen-bond donors (Lipinski definition) is 0. The molecule has 168 valence electrons. The van der Waals surface area contributed by atoms with Gasteiger partial charge in [0.15, 0.2) is 0 Å². The van der Waals surface area contributed by atoms with Crippen LogP contribution in [-0.4, -0.2) is 98.3 Å². The van der Waals surface area contributed by atoms with Gasteiger partial charge < -0.3 is 9.80 Å². The Hall–Kier alpha value is -1.48. The van der Waals surface area contributed by atoms with Gasteiger partial charge in [-0.25, -0.2) is 8.42 Å². The Labute approximate surface area is 181 Å². The lowest BCUT2D eigenvalue weighted by Gasteiger charge is -2.41. The molecule has 1 aromatic rings. The quantitative estimate of drug-likeness (QED) is 0.676. The minimum atomic E-state index is -3.51. The summed E-state index contributed by atoms with van der Waals surface area (Å²) in [6, 6.07) is 6.78. The molecule has 0 spiro atoms. The van der Waals surface area contributed by atoms with Crippen LogP contribution < -0.4 is 0 Å². The van der Waals surface area contributed by atoms with Gasteiger partial charge >= 0.3 is 0 Å². The van der Waals surface area contributed by atoms with Gasteiger partial charge in [-0.1, -0.05) is 31.5 Å². The van der Waals surface area contributed by atoms with Gasteiger partial charge in [-0.05, 0) is 31.9 Å². The molecule has 2 aliphatic rings. The molecule has 2 saturated heterocycles. The molecule has 7 nitrogen and oxygen atoms in total. The Bertz CT molecular complexity index is 809. The molecule has 1 aromatic carbocycles. The number of aryl methyl sites for hydroxylation is 1. The van der Waals surface area contributed by atoms with E-state index in [-0.39, 0.29) is 11.9 Å². The first-order valence-corrected chi connectivity index (χ1v) is 12.4. The van der Waals surface area contributed by atoms with Crippen LogP contribution in [0.3, 0.4) is 0 Å². The first-order valence-electron chi connectivity index (χ1n) is 11.0. The molecule has 30 heavy (non-hydrogen) atoms. The lowest BCUT2D eigenvalue weighted by Crippen LogP contribution is -2.58. The van der Waals surface area contributed by atoms with Crippen molar-refractivity contribution < 1.29 is 13.2 Å². The average molecular weight is 437 g/mol. The lowest BCUT2D eigenvalue weighted by atomic mass is 10.1. The van der Waals surface area contributed by atoms with E-state index in [2.05, 4.69) is 23.6 Å². The summed E-state index contributed by atoms with van der Waals surface area (Å²) in [7, 11) is -3.51. The number of hydrogen-bond acceptors (Lipinski definition) is 5. The maximum atomic E-state index is 13.0. The molecule has 8 heteroatoms. The summed E-state index contributed by atoms with van der Waals surface area (Å²) >= 11 is 0. The molecule has 2 heterocycles. The van der Waals surface area contributed by atoms with Crippen molar-refractivity contribution in [1.29, 1.82) is 0 Å². The highest BCUT2D eigenvalue weighted by molar-refractivity contribution is 7.89. The van der Waals surface area contributed by atoms with Gasteiger partial charge in [-0.3, -0.25) is 9.69 Å². The van der Waals surface area contributed by atoms with Crippen molar-refractivity contribution in [3.63, 3.8) is 0 Å². The number of carbonyl (C=O) groups excluding carboxylic acids is 1. The van der Waals surface area contributed by atoms with E-state index in [1.165, 1.54) is 4.31 Å². The second-order valence-corrected chi connectivity index (χ2v) is 10.9. The van der Waals surface area contributed by atoms with Crippen molar-refractivity contribution in [3.05, 3.63) is 29.8 Å². The second-order valence-electron chi connectivity index (χ2n) is 8.95. The molecule has 3 rings (SSSR count). The van der Waals surface area contributed by atoms with E-state index < -0.39 is 10.0 Å². The van der Waals surface area contributed by atoms with E-state index in [9.17, 15) is 13.2 Å². The fraction of sp³-hybridized carbons (Fsp3) is 0.682. The zero-order valence-corrected chi connectivity index (χ0v) is 19.6. The smallest absolute Gasteiger partial charge is 0.243 e. The van der Waals surface area contributed by atoms with Gasteiger partial charge in [0, 0.05) is 58.9 Å². The van der Waals surface area contributed by atoms with Crippen molar-refractivity contribution in [2.24, 2.45) is 5.92 Å². The summed E-state index contributed by atoms with van der Waals surface area (Å²) in [5.41, 5.74) is 1.03. The largest absolute Gasteiger partial charge is 0.339 e. The topological polar surface area (TPSA) is 64.2 Å². The molecule has 0 N–H and O–H groups in total. The van der Waals surface area contributed by atoms with Crippen LogP contribution in [0.2, 0.25) is 0 Å². The van der Waals surface area contributed by atoms with E-state index in [4.69, 9.17) is 0 Å². The van der Waals surface area contributed by atoms with Crippen molar-refractivity contribution in [1.82, 2.24) is 19.0 Å². The molecule has 0 bridgehead atoms. The maximum absolute atomic E-state index is 13.0. The number of amides is 1. The first kappa shape index (κ1) is 23.2. The summed E-state index contributed by atoms with van der Waals surface area (Å²) in [4.78, 5) is 19.9. The Morgan fingerprint density at radius 2 is 1.47 bits per heavy atom. The normalized spacial score (nSPS) is 21.2. The summed E-state index contributed by atoms with van der Waals surface area (Å²) in [5.74, 6) is 0.766. The first-order chi connectivity index (χ1) is 14.2.